The molecule has 0 radical (unpaired) electrons. The van der Waals surface area contributed by atoms with Gasteiger partial charge in [-0.15, -0.1) is 0 Å². The Labute approximate surface area is 91.4 Å². The molecule has 0 bridgehead atoms. The fourth-order valence-electron chi connectivity index (χ4n) is 0.883. The summed E-state index contributed by atoms with van der Waals surface area (Å²) in [5, 5.41) is 0. The molecular weight excluding hydrogens is 248 g/mol. The van der Waals surface area contributed by atoms with E-state index < -0.39 is 11.7 Å². The van der Waals surface area contributed by atoms with Crippen LogP contribution in [-0.4, -0.2) is 21.2 Å². The first-order chi connectivity index (χ1) is 6.31. The molecule has 1 rings (SSSR count). The Morgan fingerprint density at radius 3 is 2.50 bits per heavy atom. The van der Waals surface area contributed by atoms with Crippen LogP contribution >= 0.6 is 15.9 Å². The normalized spacial score (nSPS) is 11.5. The lowest BCUT2D eigenvalue weighted by Crippen LogP contribution is -2.27. The van der Waals surface area contributed by atoms with Crippen LogP contribution in [0.25, 0.3) is 0 Å². The van der Waals surface area contributed by atoms with E-state index in [1.54, 1.807) is 6.92 Å². The Morgan fingerprint density at radius 2 is 2.14 bits per heavy atom. The second kappa shape index (κ2) is 3.73. The van der Waals surface area contributed by atoms with Gasteiger partial charge in [-0.05, 0) is 43.6 Å². The molecule has 1 aromatic rings. The van der Waals surface area contributed by atoms with Gasteiger partial charge in [-0.2, -0.15) is 0 Å². The Kier molecular flexibility index (Phi) is 2.99. The molecule has 4 nitrogen and oxygen atoms in total. The molecule has 0 fully saturated rings. The number of carbonyl (C=O) groups is 1. The molecule has 0 N–H and O–H groups in total. The van der Waals surface area contributed by atoms with E-state index in [-0.39, 0.29) is 0 Å². The number of hydrogen-bond acceptors (Lipinski definition) is 3. The van der Waals surface area contributed by atoms with Gasteiger partial charge in [0.05, 0.1) is 5.69 Å². The maximum Gasteiger partial charge on any atom is 0.420 e. The highest BCUT2D eigenvalue weighted by Gasteiger charge is 2.19. The van der Waals surface area contributed by atoms with Gasteiger partial charge in [0, 0.05) is 0 Å². The number of halogens is 1. The quantitative estimate of drug-likeness (QED) is 0.721. The highest BCUT2D eigenvalue weighted by atomic mass is 79.9. The summed E-state index contributed by atoms with van der Waals surface area (Å²) in [7, 11) is 0. The number of ether oxygens (including phenoxy) is 1. The van der Waals surface area contributed by atoms with E-state index >= 15 is 0 Å². The van der Waals surface area contributed by atoms with Crippen LogP contribution in [-0.2, 0) is 4.74 Å². The molecule has 0 unspecified atom stereocenters. The Hall–Kier alpha value is -0.840. The molecular formula is C9H13BrN2O2. The van der Waals surface area contributed by atoms with Crippen molar-refractivity contribution in [2.75, 3.05) is 0 Å². The van der Waals surface area contributed by atoms with Gasteiger partial charge >= 0.3 is 6.09 Å². The van der Waals surface area contributed by atoms with Crippen molar-refractivity contribution < 1.29 is 9.53 Å². The van der Waals surface area contributed by atoms with Crippen LogP contribution in [0, 0.1) is 6.92 Å². The SMILES string of the molecule is Cc1c(Br)ncn1C(=O)OC(C)(C)C. The van der Waals surface area contributed by atoms with E-state index in [1.165, 1.54) is 10.9 Å². The fraction of sp³-hybridized carbons (Fsp3) is 0.556. The molecule has 0 amide bonds. The minimum Gasteiger partial charge on any atom is -0.443 e. The summed E-state index contributed by atoms with van der Waals surface area (Å²) >= 11 is 3.22. The number of imidazole rings is 1. The molecule has 0 spiro atoms. The van der Waals surface area contributed by atoms with Crippen LogP contribution < -0.4 is 0 Å². The Balaban J connectivity index is 2.86. The van der Waals surface area contributed by atoms with Crippen LogP contribution in [0.5, 0.6) is 0 Å². The summed E-state index contributed by atoms with van der Waals surface area (Å²) in [6, 6.07) is 0. The predicted molar refractivity (Wildman–Crippen MR) is 56.3 cm³/mol. The minimum absolute atomic E-state index is 0.409. The first-order valence-electron chi connectivity index (χ1n) is 4.24. The molecule has 78 valence electrons. The van der Waals surface area contributed by atoms with Gasteiger partial charge in [0.25, 0.3) is 0 Å². The summed E-state index contributed by atoms with van der Waals surface area (Å²) in [6.07, 6.45) is 1.03. The van der Waals surface area contributed by atoms with Crippen molar-refractivity contribution in [3.8, 4) is 0 Å². The Morgan fingerprint density at radius 1 is 1.57 bits per heavy atom. The molecule has 0 saturated heterocycles. The number of carbonyl (C=O) groups excluding carboxylic acids is 1. The minimum atomic E-state index is -0.486. The van der Waals surface area contributed by atoms with Gasteiger partial charge in [-0.1, -0.05) is 0 Å². The molecule has 1 aromatic heterocycles. The van der Waals surface area contributed by atoms with Crippen molar-refractivity contribution >= 4 is 22.0 Å². The molecule has 0 aliphatic rings. The summed E-state index contributed by atoms with van der Waals surface area (Å²) in [5.74, 6) is 0. The summed E-state index contributed by atoms with van der Waals surface area (Å²) < 4.78 is 7.21. The van der Waals surface area contributed by atoms with Crippen LogP contribution in [0.2, 0.25) is 0 Å². The number of hydrogen-bond donors (Lipinski definition) is 0. The summed E-state index contributed by atoms with van der Waals surface area (Å²) in [4.78, 5) is 15.5. The van der Waals surface area contributed by atoms with Crippen molar-refractivity contribution in [1.82, 2.24) is 9.55 Å². The lowest BCUT2D eigenvalue weighted by Gasteiger charge is -2.19. The zero-order valence-corrected chi connectivity index (χ0v) is 10.3. The predicted octanol–water partition coefficient (Wildman–Crippen LogP) is 2.74. The molecule has 0 aliphatic carbocycles. The molecule has 1 heterocycles. The van der Waals surface area contributed by atoms with Gasteiger partial charge in [0.15, 0.2) is 0 Å². The average Bonchev–Trinajstić information content (AvgIpc) is 2.29. The second-order valence-corrected chi connectivity index (χ2v) is 4.72. The number of rotatable bonds is 0. The average molecular weight is 261 g/mol. The van der Waals surface area contributed by atoms with Crippen LogP contribution in [0.4, 0.5) is 4.79 Å². The Bertz CT molecular complexity index is 352. The molecule has 5 heteroatoms. The van der Waals surface area contributed by atoms with E-state index in [2.05, 4.69) is 20.9 Å². The zero-order valence-electron chi connectivity index (χ0n) is 8.67. The van der Waals surface area contributed by atoms with Crippen LogP contribution in [0.1, 0.15) is 26.5 Å². The lowest BCUT2D eigenvalue weighted by molar-refractivity contribution is 0.0533. The summed E-state index contributed by atoms with van der Waals surface area (Å²) in [6.45, 7) is 7.27. The van der Waals surface area contributed by atoms with Crippen LogP contribution in [0.15, 0.2) is 10.9 Å². The van der Waals surface area contributed by atoms with Crippen LogP contribution in [0.3, 0.4) is 0 Å². The van der Waals surface area contributed by atoms with Gasteiger partial charge in [0.2, 0.25) is 0 Å². The van der Waals surface area contributed by atoms with E-state index in [4.69, 9.17) is 4.74 Å². The maximum atomic E-state index is 11.6. The number of aromatic nitrogens is 2. The van der Waals surface area contributed by atoms with Gasteiger partial charge in [0.1, 0.15) is 16.5 Å². The monoisotopic (exact) mass is 260 g/mol. The van der Waals surface area contributed by atoms with E-state index in [9.17, 15) is 4.79 Å². The third kappa shape index (κ3) is 2.57. The molecule has 0 aromatic carbocycles. The van der Waals surface area contributed by atoms with Crippen molar-refractivity contribution in [3.05, 3.63) is 16.6 Å². The standard InChI is InChI=1S/C9H13BrN2O2/c1-6-7(10)11-5-12(6)8(13)14-9(2,3)4/h5H,1-4H3. The van der Waals surface area contributed by atoms with E-state index in [0.717, 1.165) is 5.69 Å². The second-order valence-electron chi connectivity index (χ2n) is 3.97. The molecule has 0 saturated carbocycles. The largest absolute Gasteiger partial charge is 0.443 e. The molecule has 14 heavy (non-hydrogen) atoms. The molecule has 0 aliphatic heterocycles. The number of nitrogens with zero attached hydrogens (tertiary/aromatic N) is 2. The van der Waals surface area contributed by atoms with Crippen molar-refractivity contribution in [2.45, 2.75) is 33.3 Å². The third-order valence-corrected chi connectivity index (χ3v) is 2.32. The third-order valence-electron chi connectivity index (χ3n) is 1.54. The zero-order chi connectivity index (χ0) is 10.9. The van der Waals surface area contributed by atoms with E-state index in [0.29, 0.717) is 4.60 Å². The van der Waals surface area contributed by atoms with Gasteiger partial charge in [-0.3, -0.25) is 0 Å². The molecule has 0 atom stereocenters. The van der Waals surface area contributed by atoms with Crippen molar-refractivity contribution in [2.24, 2.45) is 0 Å². The lowest BCUT2D eigenvalue weighted by atomic mass is 10.2. The maximum absolute atomic E-state index is 11.6. The highest BCUT2D eigenvalue weighted by Crippen LogP contribution is 2.15. The summed E-state index contributed by atoms with van der Waals surface area (Å²) in [5.41, 5.74) is 0.250. The van der Waals surface area contributed by atoms with Crippen molar-refractivity contribution in [1.29, 1.82) is 0 Å². The topological polar surface area (TPSA) is 44.1 Å². The smallest absolute Gasteiger partial charge is 0.420 e. The van der Waals surface area contributed by atoms with Gasteiger partial charge in [-0.25, -0.2) is 14.3 Å². The first-order valence-corrected chi connectivity index (χ1v) is 5.03. The fourth-order valence-corrected chi connectivity index (χ4v) is 1.17. The first kappa shape index (κ1) is 11.2. The van der Waals surface area contributed by atoms with Crippen molar-refractivity contribution in [3.63, 3.8) is 0 Å². The van der Waals surface area contributed by atoms with E-state index in [1.807, 2.05) is 20.8 Å². The highest BCUT2D eigenvalue weighted by molar-refractivity contribution is 9.10. The van der Waals surface area contributed by atoms with Gasteiger partial charge < -0.3 is 4.74 Å².